The van der Waals surface area contributed by atoms with Gasteiger partial charge in [-0.25, -0.2) is 14.6 Å². The zero-order chi connectivity index (χ0) is 13.3. The van der Waals surface area contributed by atoms with Gasteiger partial charge in [-0.1, -0.05) is 23.7 Å². The smallest absolute Gasteiger partial charge is 0.357 e. The zero-order valence-corrected chi connectivity index (χ0v) is 9.60. The molecule has 0 saturated heterocycles. The number of H-pyrrole nitrogens is 1. The molecule has 0 aliphatic carbocycles. The van der Waals surface area contributed by atoms with E-state index in [4.69, 9.17) is 21.8 Å². The summed E-state index contributed by atoms with van der Waals surface area (Å²) in [5.41, 5.74) is -0.479. The van der Waals surface area contributed by atoms with E-state index in [1.54, 1.807) is 24.3 Å². The van der Waals surface area contributed by atoms with Gasteiger partial charge in [0, 0.05) is 10.6 Å². The van der Waals surface area contributed by atoms with Crippen LogP contribution in [-0.4, -0.2) is 32.1 Å². The average molecular weight is 267 g/mol. The number of aromatic carboxylic acids is 2. The van der Waals surface area contributed by atoms with Crippen LogP contribution in [0.2, 0.25) is 5.02 Å². The molecule has 1 aromatic heterocycles. The Balaban J connectivity index is 2.57. The van der Waals surface area contributed by atoms with Crippen molar-refractivity contribution < 1.29 is 19.8 Å². The zero-order valence-electron chi connectivity index (χ0n) is 8.85. The lowest BCUT2D eigenvalue weighted by Crippen LogP contribution is -2.07. The summed E-state index contributed by atoms with van der Waals surface area (Å²) in [4.78, 5) is 27.9. The van der Waals surface area contributed by atoms with Crippen LogP contribution in [0.1, 0.15) is 21.0 Å². The van der Waals surface area contributed by atoms with Crippen molar-refractivity contribution in [1.82, 2.24) is 9.97 Å². The Kier molecular flexibility index (Phi) is 3.03. The highest BCUT2D eigenvalue weighted by atomic mass is 35.5. The molecule has 0 fully saturated rings. The van der Waals surface area contributed by atoms with Gasteiger partial charge in [0.2, 0.25) is 0 Å². The number of hydrogen-bond donors (Lipinski definition) is 3. The maximum absolute atomic E-state index is 10.9. The first-order valence-corrected chi connectivity index (χ1v) is 5.19. The molecule has 6 nitrogen and oxygen atoms in total. The summed E-state index contributed by atoms with van der Waals surface area (Å²) in [6.07, 6.45) is 0. The highest BCUT2D eigenvalue weighted by molar-refractivity contribution is 6.30. The predicted molar refractivity (Wildman–Crippen MR) is 63.0 cm³/mol. The number of carboxylic acid groups (broad SMARTS) is 2. The van der Waals surface area contributed by atoms with Gasteiger partial charge in [0.05, 0.1) is 0 Å². The number of imidazole rings is 1. The summed E-state index contributed by atoms with van der Waals surface area (Å²) >= 11 is 5.79. The third-order valence-corrected chi connectivity index (χ3v) is 2.45. The number of halogens is 1. The molecule has 2 aromatic rings. The van der Waals surface area contributed by atoms with E-state index in [2.05, 4.69) is 9.97 Å². The molecule has 1 heterocycles. The fourth-order valence-corrected chi connectivity index (χ4v) is 1.65. The molecule has 7 heteroatoms. The Hall–Kier alpha value is -2.34. The number of carbonyl (C=O) groups is 2. The fourth-order valence-electron chi connectivity index (χ4n) is 1.46. The van der Waals surface area contributed by atoms with Crippen LogP contribution in [0.3, 0.4) is 0 Å². The molecule has 0 saturated carbocycles. The maximum Gasteiger partial charge on any atom is 0.357 e. The monoisotopic (exact) mass is 266 g/mol. The van der Waals surface area contributed by atoms with Crippen molar-refractivity contribution in [3.63, 3.8) is 0 Å². The molecule has 18 heavy (non-hydrogen) atoms. The number of hydrogen-bond acceptors (Lipinski definition) is 3. The molecule has 0 amide bonds. The van der Waals surface area contributed by atoms with E-state index in [9.17, 15) is 9.59 Å². The molecule has 1 aromatic carbocycles. The lowest BCUT2D eigenvalue weighted by Gasteiger charge is -1.96. The van der Waals surface area contributed by atoms with Crippen molar-refractivity contribution in [1.29, 1.82) is 0 Å². The molecule has 3 N–H and O–H groups in total. The van der Waals surface area contributed by atoms with Crippen LogP contribution in [0.25, 0.3) is 11.4 Å². The second-order valence-corrected chi connectivity index (χ2v) is 3.87. The minimum atomic E-state index is -1.41. The third-order valence-electron chi connectivity index (χ3n) is 2.22. The van der Waals surface area contributed by atoms with E-state index in [0.717, 1.165) is 0 Å². The van der Waals surface area contributed by atoms with Crippen molar-refractivity contribution in [2.75, 3.05) is 0 Å². The van der Waals surface area contributed by atoms with Crippen molar-refractivity contribution in [3.05, 3.63) is 40.7 Å². The Morgan fingerprint density at radius 2 is 1.94 bits per heavy atom. The van der Waals surface area contributed by atoms with Crippen molar-refractivity contribution in [3.8, 4) is 11.4 Å². The van der Waals surface area contributed by atoms with E-state index in [1.807, 2.05) is 0 Å². The number of rotatable bonds is 3. The van der Waals surface area contributed by atoms with E-state index >= 15 is 0 Å². The molecule has 0 aliphatic rings. The topological polar surface area (TPSA) is 103 Å². The first kappa shape index (κ1) is 12.1. The molecule has 0 unspecified atom stereocenters. The van der Waals surface area contributed by atoms with Gasteiger partial charge in [-0.2, -0.15) is 0 Å². The average Bonchev–Trinajstić information content (AvgIpc) is 2.73. The summed E-state index contributed by atoms with van der Waals surface area (Å²) in [5.74, 6) is -2.64. The van der Waals surface area contributed by atoms with Crippen molar-refractivity contribution in [2.45, 2.75) is 0 Å². The largest absolute Gasteiger partial charge is 0.477 e. The summed E-state index contributed by atoms with van der Waals surface area (Å²) in [6, 6.07) is 6.49. The van der Waals surface area contributed by atoms with Gasteiger partial charge in [0.15, 0.2) is 11.4 Å². The number of carboxylic acids is 2. The van der Waals surface area contributed by atoms with Gasteiger partial charge in [0.25, 0.3) is 0 Å². The lowest BCUT2D eigenvalue weighted by atomic mass is 10.2. The summed E-state index contributed by atoms with van der Waals surface area (Å²) < 4.78 is 0. The molecule has 0 spiro atoms. The van der Waals surface area contributed by atoms with Crippen LogP contribution in [-0.2, 0) is 0 Å². The Morgan fingerprint density at radius 3 is 2.44 bits per heavy atom. The number of aromatic amines is 1. The first-order valence-electron chi connectivity index (χ1n) is 4.81. The second-order valence-electron chi connectivity index (χ2n) is 3.43. The first-order chi connectivity index (χ1) is 8.49. The number of benzene rings is 1. The van der Waals surface area contributed by atoms with Gasteiger partial charge >= 0.3 is 11.9 Å². The minimum Gasteiger partial charge on any atom is -0.477 e. The van der Waals surface area contributed by atoms with Crippen LogP contribution in [0.4, 0.5) is 0 Å². The molecule has 92 valence electrons. The standard InChI is InChI=1S/C11H7ClN2O4/c12-6-3-1-2-5(4-6)9-13-7(10(15)16)8(14-9)11(17)18/h1-4H,(H,13,14)(H,15,16)(H,17,18). The van der Waals surface area contributed by atoms with Crippen LogP contribution in [0.5, 0.6) is 0 Å². The van der Waals surface area contributed by atoms with E-state index in [1.165, 1.54) is 0 Å². The molecular formula is C11H7ClN2O4. The molecular weight excluding hydrogens is 260 g/mol. The van der Waals surface area contributed by atoms with Gasteiger partial charge < -0.3 is 15.2 Å². The molecule has 0 bridgehead atoms. The lowest BCUT2D eigenvalue weighted by molar-refractivity contribution is 0.0644. The van der Waals surface area contributed by atoms with Gasteiger partial charge in [-0.3, -0.25) is 0 Å². The molecule has 0 radical (unpaired) electrons. The normalized spacial score (nSPS) is 10.3. The highest BCUT2D eigenvalue weighted by Crippen LogP contribution is 2.21. The SMILES string of the molecule is O=C(O)c1nc(-c2cccc(Cl)c2)[nH]c1C(=O)O. The Morgan fingerprint density at radius 1 is 1.22 bits per heavy atom. The van der Waals surface area contributed by atoms with Gasteiger partial charge in [0.1, 0.15) is 5.82 Å². The predicted octanol–water partition coefficient (Wildman–Crippen LogP) is 2.13. The van der Waals surface area contributed by atoms with Gasteiger partial charge in [-0.15, -0.1) is 0 Å². The molecule has 2 rings (SSSR count). The van der Waals surface area contributed by atoms with E-state index in [-0.39, 0.29) is 5.82 Å². The summed E-state index contributed by atoms with van der Waals surface area (Å²) in [7, 11) is 0. The van der Waals surface area contributed by atoms with Crippen LogP contribution in [0.15, 0.2) is 24.3 Å². The molecule has 0 atom stereocenters. The van der Waals surface area contributed by atoms with Crippen LogP contribution >= 0.6 is 11.6 Å². The number of aromatic nitrogens is 2. The van der Waals surface area contributed by atoms with Gasteiger partial charge in [-0.05, 0) is 12.1 Å². The van der Waals surface area contributed by atoms with E-state index in [0.29, 0.717) is 10.6 Å². The van der Waals surface area contributed by atoms with Crippen LogP contribution in [0, 0.1) is 0 Å². The number of nitrogens with one attached hydrogen (secondary N) is 1. The Bertz CT molecular complexity index is 604. The number of nitrogens with zero attached hydrogens (tertiary/aromatic N) is 1. The second kappa shape index (κ2) is 4.50. The summed E-state index contributed by atoms with van der Waals surface area (Å²) in [5, 5.41) is 18.2. The highest BCUT2D eigenvalue weighted by Gasteiger charge is 2.22. The third kappa shape index (κ3) is 2.18. The quantitative estimate of drug-likeness (QED) is 0.789. The molecule has 0 aliphatic heterocycles. The van der Waals surface area contributed by atoms with E-state index < -0.39 is 23.3 Å². The fraction of sp³-hybridized carbons (Fsp3) is 0. The van der Waals surface area contributed by atoms with Crippen LogP contribution < -0.4 is 0 Å². The summed E-state index contributed by atoms with van der Waals surface area (Å²) in [6.45, 7) is 0. The maximum atomic E-state index is 10.9. The Labute approximate surface area is 106 Å². The minimum absolute atomic E-state index is 0.146. The van der Waals surface area contributed by atoms with Crippen molar-refractivity contribution >= 4 is 23.5 Å². The van der Waals surface area contributed by atoms with Crippen molar-refractivity contribution in [2.24, 2.45) is 0 Å².